The average molecular weight is 430 g/mol. The fraction of sp³-hybridized carbons (Fsp3) is 0.100. The summed E-state index contributed by atoms with van der Waals surface area (Å²) in [7, 11) is -3.68. The Morgan fingerprint density at radius 1 is 1.03 bits per heavy atom. The molecule has 0 saturated heterocycles. The number of nitrogens with one attached hydrogen (secondary N) is 3. The van der Waals surface area contributed by atoms with Crippen LogP contribution in [0.3, 0.4) is 0 Å². The van der Waals surface area contributed by atoms with Crippen molar-refractivity contribution in [1.82, 2.24) is 10.0 Å². The quantitative estimate of drug-likeness (QED) is 0.521. The smallest absolute Gasteiger partial charge is 0.257 e. The second-order valence-electron chi connectivity index (χ2n) is 6.20. The molecule has 3 aromatic rings. The molecule has 9 heteroatoms. The van der Waals surface area contributed by atoms with Gasteiger partial charge in [-0.15, -0.1) is 0 Å². The molecule has 0 fully saturated rings. The number of hydrogen-bond acceptors (Lipinski definition) is 5. The SMILES string of the molecule is Cc1ccc(C(=O)NC(=S)Nc2ccc(S(=O)(=O)NCc3ccco3)cc2)cc1. The molecule has 1 heterocycles. The summed E-state index contributed by atoms with van der Waals surface area (Å²) in [5.74, 6) is 0.186. The Morgan fingerprint density at radius 3 is 2.34 bits per heavy atom. The van der Waals surface area contributed by atoms with E-state index in [0.717, 1.165) is 5.56 Å². The van der Waals surface area contributed by atoms with Crippen molar-refractivity contribution < 1.29 is 17.6 Å². The van der Waals surface area contributed by atoms with Gasteiger partial charge in [0.25, 0.3) is 5.91 Å². The van der Waals surface area contributed by atoms with E-state index in [-0.39, 0.29) is 22.5 Å². The Morgan fingerprint density at radius 2 is 1.72 bits per heavy atom. The van der Waals surface area contributed by atoms with Crippen molar-refractivity contribution in [2.45, 2.75) is 18.4 Å². The molecule has 0 aliphatic rings. The number of carbonyl (C=O) groups excluding carboxylic acids is 1. The zero-order valence-electron chi connectivity index (χ0n) is 15.5. The van der Waals surface area contributed by atoms with E-state index >= 15 is 0 Å². The lowest BCUT2D eigenvalue weighted by molar-refractivity contribution is 0.0977. The van der Waals surface area contributed by atoms with Crippen LogP contribution >= 0.6 is 12.2 Å². The molecule has 0 aliphatic carbocycles. The third-order valence-corrected chi connectivity index (χ3v) is 5.60. The van der Waals surface area contributed by atoms with Crippen LogP contribution in [-0.2, 0) is 16.6 Å². The van der Waals surface area contributed by atoms with Crippen molar-refractivity contribution in [2.75, 3.05) is 5.32 Å². The molecule has 0 spiro atoms. The first-order valence-electron chi connectivity index (χ1n) is 8.64. The van der Waals surface area contributed by atoms with Gasteiger partial charge in [0.15, 0.2) is 5.11 Å². The largest absolute Gasteiger partial charge is 0.468 e. The number of furan rings is 1. The zero-order valence-corrected chi connectivity index (χ0v) is 17.1. The van der Waals surface area contributed by atoms with Crippen molar-refractivity contribution in [3.8, 4) is 0 Å². The average Bonchev–Trinajstić information content (AvgIpc) is 3.21. The van der Waals surface area contributed by atoms with Crippen LogP contribution in [0, 0.1) is 6.92 Å². The van der Waals surface area contributed by atoms with Crippen LogP contribution in [0.1, 0.15) is 21.7 Å². The summed E-state index contributed by atoms with van der Waals surface area (Å²) in [4.78, 5) is 12.3. The van der Waals surface area contributed by atoms with Gasteiger partial charge in [-0.25, -0.2) is 13.1 Å². The van der Waals surface area contributed by atoms with Crippen LogP contribution in [0.4, 0.5) is 5.69 Å². The molecule has 2 aromatic carbocycles. The van der Waals surface area contributed by atoms with E-state index in [0.29, 0.717) is 17.0 Å². The standard InChI is InChI=1S/C20H19N3O4S2/c1-14-4-6-15(7-5-14)19(24)23-20(28)22-16-8-10-18(11-9-16)29(25,26)21-13-17-3-2-12-27-17/h2-12,21H,13H2,1H3,(H2,22,23,24,28). The number of aryl methyl sites for hydroxylation is 1. The van der Waals surface area contributed by atoms with E-state index in [4.69, 9.17) is 16.6 Å². The van der Waals surface area contributed by atoms with Gasteiger partial charge in [-0.1, -0.05) is 17.7 Å². The van der Waals surface area contributed by atoms with E-state index in [2.05, 4.69) is 15.4 Å². The predicted molar refractivity (Wildman–Crippen MR) is 114 cm³/mol. The van der Waals surface area contributed by atoms with Crippen LogP contribution in [0.5, 0.6) is 0 Å². The van der Waals surface area contributed by atoms with Gasteiger partial charge in [0.05, 0.1) is 17.7 Å². The monoisotopic (exact) mass is 429 g/mol. The van der Waals surface area contributed by atoms with E-state index in [1.165, 1.54) is 18.4 Å². The second kappa shape index (κ2) is 8.99. The zero-order chi connectivity index (χ0) is 20.9. The Kier molecular flexibility index (Phi) is 6.42. The first kappa shape index (κ1) is 20.7. The maximum Gasteiger partial charge on any atom is 0.257 e. The van der Waals surface area contributed by atoms with Gasteiger partial charge in [0, 0.05) is 11.3 Å². The Hall–Kier alpha value is -3.01. The number of thiocarbonyl (C=S) groups is 1. The van der Waals surface area contributed by atoms with Gasteiger partial charge in [0.1, 0.15) is 5.76 Å². The number of rotatable bonds is 6. The number of sulfonamides is 1. The molecule has 1 amide bonds. The van der Waals surface area contributed by atoms with Gasteiger partial charge in [-0.2, -0.15) is 0 Å². The first-order valence-corrected chi connectivity index (χ1v) is 10.5. The molecular weight excluding hydrogens is 410 g/mol. The molecule has 0 unspecified atom stereocenters. The molecule has 7 nitrogen and oxygen atoms in total. The van der Waals surface area contributed by atoms with E-state index < -0.39 is 10.0 Å². The lowest BCUT2D eigenvalue weighted by Crippen LogP contribution is -2.34. The van der Waals surface area contributed by atoms with Crippen LogP contribution in [0.15, 0.2) is 76.2 Å². The lowest BCUT2D eigenvalue weighted by atomic mass is 10.1. The molecule has 0 radical (unpaired) electrons. The highest BCUT2D eigenvalue weighted by Gasteiger charge is 2.14. The summed E-state index contributed by atoms with van der Waals surface area (Å²) in [5, 5.41) is 5.55. The van der Waals surface area contributed by atoms with Gasteiger partial charge < -0.3 is 9.73 Å². The maximum absolute atomic E-state index is 12.3. The van der Waals surface area contributed by atoms with Gasteiger partial charge >= 0.3 is 0 Å². The van der Waals surface area contributed by atoms with Crippen molar-refractivity contribution in [3.63, 3.8) is 0 Å². The number of hydrogen-bond donors (Lipinski definition) is 3. The summed E-state index contributed by atoms with van der Waals surface area (Å²) in [6, 6.07) is 16.5. The highest BCUT2D eigenvalue weighted by molar-refractivity contribution is 7.89. The minimum Gasteiger partial charge on any atom is -0.468 e. The summed E-state index contributed by atoms with van der Waals surface area (Å²) in [6.07, 6.45) is 1.48. The molecular formula is C20H19N3O4S2. The molecule has 29 heavy (non-hydrogen) atoms. The third-order valence-electron chi connectivity index (χ3n) is 3.98. The molecule has 0 bridgehead atoms. The fourth-order valence-corrected chi connectivity index (χ4v) is 3.63. The van der Waals surface area contributed by atoms with Crippen LogP contribution in [-0.4, -0.2) is 19.4 Å². The lowest BCUT2D eigenvalue weighted by Gasteiger charge is -2.11. The summed E-state index contributed by atoms with van der Waals surface area (Å²) in [5.41, 5.74) is 2.09. The molecule has 3 N–H and O–H groups in total. The number of amides is 1. The molecule has 0 saturated carbocycles. The summed E-state index contributed by atoms with van der Waals surface area (Å²) >= 11 is 5.15. The van der Waals surface area contributed by atoms with E-state index in [9.17, 15) is 13.2 Å². The van der Waals surface area contributed by atoms with Crippen LogP contribution in [0.25, 0.3) is 0 Å². The van der Waals surface area contributed by atoms with Crippen LogP contribution in [0.2, 0.25) is 0 Å². The highest BCUT2D eigenvalue weighted by atomic mass is 32.2. The van der Waals surface area contributed by atoms with Crippen molar-refractivity contribution >= 4 is 38.9 Å². The minimum atomic E-state index is -3.68. The summed E-state index contributed by atoms with van der Waals surface area (Å²) < 4.78 is 32.2. The Bertz CT molecular complexity index is 1090. The molecule has 150 valence electrons. The normalized spacial score (nSPS) is 11.1. The van der Waals surface area contributed by atoms with Gasteiger partial charge in [0.2, 0.25) is 10.0 Å². The second-order valence-corrected chi connectivity index (χ2v) is 8.38. The molecule has 0 atom stereocenters. The van der Waals surface area contributed by atoms with Crippen molar-refractivity contribution in [3.05, 3.63) is 83.8 Å². The number of carbonyl (C=O) groups is 1. The highest BCUT2D eigenvalue weighted by Crippen LogP contribution is 2.15. The molecule has 0 aliphatic heterocycles. The first-order chi connectivity index (χ1) is 13.8. The Labute approximate surface area is 174 Å². The van der Waals surface area contributed by atoms with E-state index in [1.807, 2.05) is 19.1 Å². The predicted octanol–water partition coefficient (Wildman–Crippen LogP) is 3.19. The van der Waals surface area contributed by atoms with Gasteiger partial charge in [-0.3, -0.25) is 10.1 Å². The minimum absolute atomic E-state index is 0.0600. The number of benzene rings is 2. The van der Waals surface area contributed by atoms with E-state index in [1.54, 1.807) is 36.4 Å². The summed E-state index contributed by atoms with van der Waals surface area (Å²) in [6.45, 7) is 1.99. The third kappa shape index (κ3) is 5.74. The fourth-order valence-electron chi connectivity index (χ4n) is 2.42. The van der Waals surface area contributed by atoms with Crippen LogP contribution < -0.4 is 15.4 Å². The molecule has 1 aromatic heterocycles. The van der Waals surface area contributed by atoms with Crippen molar-refractivity contribution in [1.29, 1.82) is 0 Å². The van der Waals surface area contributed by atoms with Gasteiger partial charge in [-0.05, 0) is 67.7 Å². The number of anilines is 1. The maximum atomic E-state index is 12.3. The molecule has 3 rings (SSSR count). The Balaban J connectivity index is 1.57. The van der Waals surface area contributed by atoms with Crippen molar-refractivity contribution in [2.24, 2.45) is 0 Å². The topological polar surface area (TPSA) is 100 Å².